The van der Waals surface area contributed by atoms with Crippen molar-refractivity contribution in [3.63, 3.8) is 0 Å². The maximum Gasteiger partial charge on any atom is 0.110 e. The summed E-state index contributed by atoms with van der Waals surface area (Å²) < 4.78 is 16.7. The van der Waals surface area contributed by atoms with Crippen LogP contribution in [0.15, 0.2) is 0 Å². The first kappa shape index (κ1) is 5.51. The molecule has 0 spiro atoms. The molecule has 4 rings (SSSR count). The largest absolute Gasteiger partial charge is 0.369 e. The van der Waals surface area contributed by atoms with Gasteiger partial charge in [-0.2, -0.15) is 0 Å². The van der Waals surface area contributed by atoms with Gasteiger partial charge in [0.05, 0.1) is 24.4 Å². The maximum atomic E-state index is 5.78. The van der Waals surface area contributed by atoms with E-state index in [0.29, 0.717) is 36.6 Å². The number of rotatable bonds is 0. The Morgan fingerprint density at radius 2 is 1.09 bits per heavy atom. The zero-order chi connectivity index (χ0) is 7.00. The Bertz CT molecular complexity index is 195. The van der Waals surface area contributed by atoms with E-state index in [-0.39, 0.29) is 0 Å². The van der Waals surface area contributed by atoms with Gasteiger partial charge in [0.15, 0.2) is 0 Å². The predicted octanol–water partition coefficient (Wildman–Crippen LogP) is 0.0824. The Morgan fingerprint density at radius 1 is 0.636 bits per heavy atom. The Labute approximate surface area is 64.6 Å². The smallest absolute Gasteiger partial charge is 0.110 e. The van der Waals surface area contributed by atoms with Crippen LogP contribution in [0.3, 0.4) is 0 Å². The van der Waals surface area contributed by atoms with Crippen LogP contribution in [0, 0.1) is 0 Å². The Morgan fingerprint density at radius 3 is 1.64 bits per heavy atom. The first-order valence-electron chi connectivity index (χ1n) is 4.38. The first-order valence-corrected chi connectivity index (χ1v) is 4.38. The predicted molar refractivity (Wildman–Crippen MR) is 35.2 cm³/mol. The molecule has 4 aliphatic heterocycles. The van der Waals surface area contributed by atoms with Crippen LogP contribution in [0.2, 0.25) is 0 Å². The van der Waals surface area contributed by atoms with E-state index in [0.717, 1.165) is 12.8 Å². The van der Waals surface area contributed by atoms with Gasteiger partial charge in [0, 0.05) is 12.8 Å². The third-order valence-electron chi connectivity index (χ3n) is 3.26. The van der Waals surface area contributed by atoms with Crippen molar-refractivity contribution in [1.82, 2.24) is 0 Å². The van der Waals surface area contributed by atoms with E-state index in [9.17, 15) is 0 Å². The number of fused-ring (bicyclic) bond motifs is 6. The highest BCUT2D eigenvalue weighted by atomic mass is 16.7. The monoisotopic (exact) mass is 154 g/mol. The number of hydrogen-bond donors (Lipinski definition) is 0. The minimum atomic E-state index is 0.363. The second-order valence-corrected chi connectivity index (χ2v) is 3.96. The summed E-state index contributed by atoms with van der Waals surface area (Å²) in [6, 6.07) is 0. The van der Waals surface area contributed by atoms with Gasteiger partial charge in [-0.25, -0.2) is 0 Å². The molecular weight excluding hydrogens is 144 g/mol. The van der Waals surface area contributed by atoms with Crippen molar-refractivity contribution < 1.29 is 14.2 Å². The lowest BCUT2D eigenvalue weighted by atomic mass is 9.92. The van der Waals surface area contributed by atoms with Crippen molar-refractivity contribution in [3.05, 3.63) is 0 Å². The average Bonchev–Trinajstić information content (AvgIpc) is 2.73. The molecule has 0 aromatic heterocycles. The zero-order valence-corrected chi connectivity index (χ0v) is 6.10. The molecule has 0 aliphatic carbocycles. The Kier molecular flexibility index (Phi) is 0.746. The van der Waals surface area contributed by atoms with E-state index in [1.54, 1.807) is 0 Å². The van der Waals surface area contributed by atoms with Gasteiger partial charge in [-0.15, -0.1) is 0 Å². The first-order chi connectivity index (χ1) is 5.42. The molecule has 0 aromatic carbocycles. The standard InChI is InChI=1S/C8H10O3/c1-3-7-6(11-7)2-4(9-3)8-5(1)10-8/h3-8H,1-2H2/t3-,4-,5+,6+,7-,8-/m0/s1. The number of hydrogen-bond acceptors (Lipinski definition) is 3. The fourth-order valence-corrected chi connectivity index (χ4v) is 2.56. The van der Waals surface area contributed by atoms with Crippen molar-refractivity contribution in [2.45, 2.75) is 49.5 Å². The summed E-state index contributed by atoms with van der Waals surface area (Å²) in [6.45, 7) is 0. The summed E-state index contributed by atoms with van der Waals surface area (Å²) in [6.07, 6.45) is 4.76. The van der Waals surface area contributed by atoms with E-state index < -0.39 is 0 Å². The van der Waals surface area contributed by atoms with Crippen LogP contribution in [-0.2, 0) is 14.2 Å². The Balaban J connectivity index is 1.70. The van der Waals surface area contributed by atoms with Gasteiger partial charge in [-0.05, 0) is 0 Å². The van der Waals surface area contributed by atoms with Crippen LogP contribution < -0.4 is 0 Å². The van der Waals surface area contributed by atoms with E-state index in [4.69, 9.17) is 14.2 Å². The van der Waals surface area contributed by atoms with Crippen molar-refractivity contribution >= 4 is 0 Å². The topological polar surface area (TPSA) is 34.3 Å². The van der Waals surface area contributed by atoms with E-state index in [2.05, 4.69) is 0 Å². The summed E-state index contributed by atoms with van der Waals surface area (Å²) in [5, 5.41) is 0. The van der Waals surface area contributed by atoms with E-state index in [1.165, 1.54) is 0 Å². The average molecular weight is 154 g/mol. The van der Waals surface area contributed by atoms with Gasteiger partial charge in [0.2, 0.25) is 0 Å². The molecule has 2 bridgehead atoms. The van der Waals surface area contributed by atoms with Crippen LogP contribution in [0.1, 0.15) is 12.8 Å². The third-order valence-corrected chi connectivity index (χ3v) is 3.26. The molecule has 4 saturated heterocycles. The molecule has 0 amide bonds. The molecule has 4 fully saturated rings. The van der Waals surface area contributed by atoms with Gasteiger partial charge >= 0.3 is 0 Å². The second kappa shape index (κ2) is 1.49. The fraction of sp³-hybridized carbons (Fsp3) is 1.00. The van der Waals surface area contributed by atoms with Crippen molar-refractivity contribution in [1.29, 1.82) is 0 Å². The highest BCUT2D eigenvalue weighted by Gasteiger charge is 2.62. The molecule has 6 atom stereocenters. The van der Waals surface area contributed by atoms with E-state index >= 15 is 0 Å². The number of epoxide rings is 2. The second-order valence-electron chi connectivity index (χ2n) is 3.96. The summed E-state index contributed by atoms with van der Waals surface area (Å²) in [7, 11) is 0. The van der Waals surface area contributed by atoms with Crippen LogP contribution in [0.4, 0.5) is 0 Å². The molecule has 3 nitrogen and oxygen atoms in total. The fourth-order valence-electron chi connectivity index (χ4n) is 2.56. The van der Waals surface area contributed by atoms with Crippen molar-refractivity contribution in [2.75, 3.05) is 0 Å². The molecule has 0 aromatic rings. The van der Waals surface area contributed by atoms with E-state index in [1.807, 2.05) is 0 Å². The third kappa shape index (κ3) is 0.604. The van der Waals surface area contributed by atoms with Crippen LogP contribution in [0.5, 0.6) is 0 Å². The molecule has 0 unspecified atom stereocenters. The van der Waals surface area contributed by atoms with Gasteiger partial charge in [0.1, 0.15) is 12.2 Å². The molecule has 0 saturated carbocycles. The molecule has 4 aliphatic rings. The normalized spacial score (nSPS) is 69.8. The lowest BCUT2D eigenvalue weighted by Crippen LogP contribution is -2.42. The van der Waals surface area contributed by atoms with Crippen LogP contribution in [-0.4, -0.2) is 36.6 Å². The van der Waals surface area contributed by atoms with Gasteiger partial charge in [-0.3, -0.25) is 0 Å². The van der Waals surface area contributed by atoms with Gasteiger partial charge in [0.25, 0.3) is 0 Å². The van der Waals surface area contributed by atoms with Crippen molar-refractivity contribution in [3.8, 4) is 0 Å². The van der Waals surface area contributed by atoms with Gasteiger partial charge in [-0.1, -0.05) is 0 Å². The lowest BCUT2D eigenvalue weighted by molar-refractivity contribution is -0.0603. The SMILES string of the molecule is C1[C@@H]2O[C@@H](C[C@H]3O[C@@H]23)[C@@H]2O[C@H]12. The summed E-state index contributed by atoms with van der Waals surface area (Å²) in [5.74, 6) is 0. The zero-order valence-electron chi connectivity index (χ0n) is 6.10. The van der Waals surface area contributed by atoms with Crippen LogP contribution in [0.25, 0.3) is 0 Å². The van der Waals surface area contributed by atoms with Crippen LogP contribution >= 0.6 is 0 Å². The summed E-state index contributed by atoms with van der Waals surface area (Å²) in [5.41, 5.74) is 0. The quantitative estimate of drug-likeness (QED) is 0.463. The Hall–Kier alpha value is -0.120. The molecule has 60 valence electrons. The molecule has 4 heterocycles. The highest BCUT2D eigenvalue weighted by molar-refractivity contribution is 5.09. The molecule has 3 heteroatoms. The summed E-state index contributed by atoms with van der Waals surface area (Å²) >= 11 is 0. The molecule has 11 heavy (non-hydrogen) atoms. The number of ether oxygens (including phenoxy) is 3. The highest BCUT2D eigenvalue weighted by Crippen LogP contribution is 2.49. The summed E-state index contributed by atoms with van der Waals surface area (Å²) in [4.78, 5) is 0. The molecular formula is C8H10O3. The maximum absolute atomic E-state index is 5.78. The van der Waals surface area contributed by atoms with Gasteiger partial charge < -0.3 is 14.2 Å². The lowest BCUT2D eigenvalue weighted by Gasteiger charge is -2.29. The minimum absolute atomic E-state index is 0.363. The molecule has 0 radical (unpaired) electrons. The molecule has 0 N–H and O–H groups in total. The minimum Gasteiger partial charge on any atom is -0.369 e. The van der Waals surface area contributed by atoms with Crippen molar-refractivity contribution in [2.24, 2.45) is 0 Å².